The van der Waals surface area contributed by atoms with Crippen molar-refractivity contribution in [1.29, 1.82) is 0 Å². The van der Waals surface area contributed by atoms with E-state index in [1.165, 1.54) is 19.2 Å². The third kappa shape index (κ3) is 4.60. The zero-order chi connectivity index (χ0) is 16.3. The van der Waals surface area contributed by atoms with Crippen molar-refractivity contribution in [3.63, 3.8) is 0 Å². The number of para-hydroxylation sites is 1. The van der Waals surface area contributed by atoms with Gasteiger partial charge in [0.25, 0.3) is 0 Å². The molecule has 1 rings (SSSR count). The molecule has 1 aromatic rings. The molecule has 118 valence electrons. The Labute approximate surface area is 119 Å². The van der Waals surface area contributed by atoms with Gasteiger partial charge >= 0.3 is 6.36 Å². The first kappa shape index (κ1) is 17.2. The highest BCUT2D eigenvalue weighted by Crippen LogP contribution is 2.30. The standard InChI is InChI=1S/C11H13F3N2O4S/c1-15-10(17)7-16(2)21(18,19)9-6-4-3-5-8(9)20-11(12,13)14/h3-6H,7H2,1-2H3,(H,15,17). The Morgan fingerprint density at radius 3 is 2.43 bits per heavy atom. The highest BCUT2D eigenvalue weighted by molar-refractivity contribution is 7.89. The SMILES string of the molecule is CNC(=O)CN(C)S(=O)(=O)c1ccccc1OC(F)(F)F. The molecule has 10 heteroatoms. The minimum atomic E-state index is -5.02. The first-order valence-electron chi connectivity index (χ1n) is 5.59. The van der Waals surface area contributed by atoms with Gasteiger partial charge in [-0.2, -0.15) is 4.31 Å². The fourth-order valence-corrected chi connectivity index (χ4v) is 2.64. The van der Waals surface area contributed by atoms with Crippen molar-refractivity contribution < 1.29 is 31.1 Å². The van der Waals surface area contributed by atoms with Crippen LogP contribution >= 0.6 is 0 Å². The van der Waals surface area contributed by atoms with Crippen LogP contribution in [0.25, 0.3) is 0 Å². The van der Waals surface area contributed by atoms with Crippen molar-refractivity contribution >= 4 is 15.9 Å². The summed E-state index contributed by atoms with van der Waals surface area (Å²) in [4.78, 5) is 10.5. The van der Waals surface area contributed by atoms with Crippen LogP contribution in [0.15, 0.2) is 29.2 Å². The minimum absolute atomic E-state index is 0.529. The Hall–Kier alpha value is -1.81. The number of nitrogens with zero attached hydrogens (tertiary/aromatic N) is 1. The van der Waals surface area contributed by atoms with Crippen molar-refractivity contribution in [3.8, 4) is 5.75 Å². The van der Waals surface area contributed by atoms with Crippen LogP contribution in [-0.2, 0) is 14.8 Å². The molecule has 0 unspecified atom stereocenters. The molecule has 1 aromatic carbocycles. The van der Waals surface area contributed by atoms with Gasteiger partial charge in [0.1, 0.15) is 10.6 Å². The molecule has 0 spiro atoms. The van der Waals surface area contributed by atoms with E-state index < -0.39 is 39.5 Å². The van der Waals surface area contributed by atoms with E-state index in [1.807, 2.05) is 0 Å². The maximum atomic E-state index is 12.3. The molecule has 0 saturated heterocycles. The average molecular weight is 326 g/mol. The third-order valence-corrected chi connectivity index (χ3v) is 4.25. The van der Waals surface area contributed by atoms with Crippen molar-refractivity contribution in [2.24, 2.45) is 0 Å². The average Bonchev–Trinajstić information content (AvgIpc) is 2.36. The summed E-state index contributed by atoms with van der Waals surface area (Å²) in [6.45, 7) is -0.529. The van der Waals surface area contributed by atoms with Crippen LogP contribution in [0.2, 0.25) is 0 Å². The van der Waals surface area contributed by atoms with Gasteiger partial charge in [0.2, 0.25) is 15.9 Å². The van der Waals surface area contributed by atoms with Gasteiger partial charge in [-0.25, -0.2) is 8.42 Å². The fraction of sp³-hybridized carbons (Fsp3) is 0.364. The summed E-state index contributed by atoms with van der Waals surface area (Å²) in [6.07, 6.45) is -5.02. The molecule has 0 radical (unpaired) electrons. The lowest BCUT2D eigenvalue weighted by atomic mass is 10.3. The number of hydrogen-bond acceptors (Lipinski definition) is 4. The second-order valence-electron chi connectivity index (χ2n) is 3.93. The first-order chi connectivity index (χ1) is 9.58. The number of likely N-dealkylation sites (N-methyl/N-ethyl adjacent to an activating group) is 2. The number of carbonyl (C=O) groups is 1. The first-order valence-corrected chi connectivity index (χ1v) is 7.03. The largest absolute Gasteiger partial charge is 0.573 e. The Bertz CT molecular complexity index is 616. The number of hydrogen-bond donors (Lipinski definition) is 1. The normalized spacial score (nSPS) is 12.3. The number of halogens is 3. The van der Waals surface area contributed by atoms with E-state index in [4.69, 9.17) is 0 Å². The van der Waals surface area contributed by atoms with Gasteiger partial charge in [0.15, 0.2) is 0 Å². The fourth-order valence-electron chi connectivity index (χ4n) is 1.41. The Kier molecular flexibility index (Phi) is 5.18. The van der Waals surface area contributed by atoms with E-state index in [1.54, 1.807) is 0 Å². The number of nitrogens with one attached hydrogen (secondary N) is 1. The third-order valence-electron chi connectivity index (χ3n) is 2.41. The number of benzene rings is 1. The summed E-state index contributed by atoms with van der Waals surface area (Å²) < 4.78 is 65.5. The lowest BCUT2D eigenvalue weighted by molar-refractivity contribution is -0.275. The highest BCUT2D eigenvalue weighted by atomic mass is 32.2. The van der Waals surface area contributed by atoms with Gasteiger partial charge in [-0.3, -0.25) is 4.79 Å². The summed E-state index contributed by atoms with van der Waals surface area (Å²) in [5.74, 6) is -1.45. The molecule has 0 aromatic heterocycles. The molecule has 1 amide bonds. The van der Waals surface area contributed by atoms with E-state index >= 15 is 0 Å². The molecule has 0 fully saturated rings. The zero-order valence-corrected chi connectivity index (χ0v) is 12.0. The second kappa shape index (κ2) is 6.31. The molecule has 0 atom stereocenters. The zero-order valence-electron chi connectivity index (χ0n) is 11.1. The van der Waals surface area contributed by atoms with Crippen molar-refractivity contribution in [2.75, 3.05) is 20.6 Å². The summed E-state index contributed by atoms with van der Waals surface area (Å²) in [7, 11) is -1.91. The molecule has 0 aliphatic heterocycles. The number of alkyl halides is 3. The van der Waals surface area contributed by atoms with Crippen molar-refractivity contribution in [3.05, 3.63) is 24.3 Å². The predicted octanol–water partition coefficient (Wildman–Crippen LogP) is 0.952. The topological polar surface area (TPSA) is 75.7 Å². The molecule has 21 heavy (non-hydrogen) atoms. The van der Waals surface area contributed by atoms with Crippen LogP contribution in [0.1, 0.15) is 0 Å². The van der Waals surface area contributed by atoms with E-state index in [-0.39, 0.29) is 0 Å². The van der Waals surface area contributed by atoms with Gasteiger partial charge in [-0.05, 0) is 12.1 Å². The van der Waals surface area contributed by atoms with Gasteiger partial charge < -0.3 is 10.1 Å². The van der Waals surface area contributed by atoms with Gasteiger partial charge in [0, 0.05) is 14.1 Å². The number of carbonyl (C=O) groups excluding carboxylic acids is 1. The van der Waals surface area contributed by atoms with Gasteiger partial charge in [-0.15, -0.1) is 13.2 Å². The van der Waals surface area contributed by atoms with Crippen LogP contribution < -0.4 is 10.1 Å². The van der Waals surface area contributed by atoms with Gasteiger partial charge in [0.05, 0.1) is 6.54 Å². The van der Waals surface area contributed by atoms with Crippen LogP contribution in [0, 0.1) is 0 Å². The molecule has 0 saturated carbocycles. The number of sulfonamides is 1. The van der Waals surface area contributed by atoms with E-state index in [0.717, 1.165) is 19.2 Å². The smallest absolute Gasteiger partial charge is 0.404 e. The molecule has 1 N–H and O–H groups in total. The summed E-state index contributed by atoms with van der Waals surface area (Å²) in [5, 5.41) is 2.22. The molecule has 0 aliphatic carbocycles. The van der Waals surface area contributed by atoms with Crippen molar-refractivity contribution in [1.82, 2.24) is 9.62 Å². The predicted molar refractivity (Wildman–Crippen MR) is 67.0 cm³/mol. The van der Waals surface area contributed by atoms with Crippen LogP contribution in [0.5, 0.6) is 5.75 Å². The second-order valence-corrected chi connectivity index (χ2v) is 5.94. The van der Waals surface area contributed by atoms with Crippen molar-refractivity contribution in [2.45, 2.75) is 11.3 Å². The lowest BCUT2D eigenvalue weighted by Gasteiger charge is -2.19. The van der Waals surface area contributed by atoms with Gasteiger partial charge in [-0.1, -0.05) is 12.1 Å². The number of ether oxygens (including phenoxy) is 1. The van der Waals surface area contributed by atoms with Crippen LogP contribution in [0.4, 0.5) is 13.2 Å². The monoisotopic (exact) mass is 326 g/mol. The molecular weight excluding hydrogens is 313 g/mol. The summed E-state index contributed by atoms with van der Waals surface area (Å²) in [6, 6.07) is 4.31. The Morgan fingerprint density at radius 1 is 1.33 bits per heavy atom. The van der Waals surface area contributed by atoms with E-state index in [9.17, 15) is 26.4 Å². The Balaban J connectivity index is 3.17. The van der Waals surface area contributed by atoms with E-state index in [0.29, 0.717) is 4.31 Å². The minimum Gasteiger partial charge on any atom is -0.404 e. The molecule has 6 nitrogen and oxygen atoms in total. The molecule has 0 heterocycles. The summed E-state index contributed by atoms with van der Waals surface area (Å²) in [5.41, 5.74) is 0. The van der Waals surface area contributed by atoms with E-state index in [2.05, 4.69) is 10.1 Å². The molecular formula is C11H13F3N2O4S. The maximum Gasteiger partial charge on any atom is 0.573 e. The Morgan fingerprint density at radius 2 is 1.90 bits per heavy atom. The molecule has 0 aliphatic rings. The maximum absolute atomic E-state index is 12.3. The number of amides is 1. The molecule has 0 bridgehead atoms. The quantitative estimate of drug-likeness (QED) is 0.874. The highest BCUT2D eigenvalue weighted by Gasteiger charge is 2.35. The van der Waals surface area contributed by atoms with Crippen LogP contribution in [0.3, 0.4) is 0 Å². The lowest BCUT2D eigenvalue weighted by Crippen LogP contribution is -2.37. The summed E-state index contributed by atoms with van der Waals surface area (Å²) >= 11 is 0. The number of rotatable bonds is 5. The van der Waals surface area contributed by atoms with Crippen LogP contribution in [-0.4, -0.2) is 45.6 Å².